The van der Waals surface area contributed by atoms with Crippen LogP contribution in [0, 0.1) is 0 Å². The van der Waals surface area contributed by atoms with E-state index in [2.05, 4.69) is 61.0 Å². The molecular formula is C18H25BrO2. The molecule has 1 aromatic rings. The van der Waals surface area contributed by atoms with E-state index in [4.69, 9.17) is 9.47 Å². The number of rotatable bonds is 4. The summed E-state index contributed by atoms with van der Waals surface area (Å²) >= 11 is 3.49. The third-order valence-electron chi connectivity index (χ3n) is 3.71. The molecule has 0 amide bonds. The fourth-order valence-electron chi connectivity index (χ4n) is 2.61. The summed E-state index contributed by atoms with van der Waals surface area (Å²) in [6, 6.07) is 6.38. The van der Waals surface area contributed by atoms with Crippen LogP contribution in [0.5, 0.6) is 5.75 Å². The Morgan fingerprint density at radius 1 is 1.38 bits per heavy atom. The van der Waals surface area contributed by atoms with Crippen molar-refractivity contribution in [3.63, 3.8) is 0 Å². The molecule has 0 N–H and O–H groups in total. The lowest BCUT2D eigenvalue weighted by Gasteiger charge is -2.39. The van der Waals surface area contributed by atoms with E-state index in [1.54, 1.807) is 0 Å². The van der Waals surface area contributed by atoms with Crippen molar-refractivity contribution in [3.05, 3.63) is 41.0 Å². The maximum absolute atomic E-state index is 6.15. The summed E-state index contributed by atoms with van der Waals surface area (Å²) in [4.78, 5) is 0. The molecule has 1 aliphatic heterocycles. The van der Waals surface area contributed by atoms with Crippen molar-refractivity contribution < 1.29 is 9.47 Å². The van der Waals surface area contributed by atoms with Crippen LogP contribution in [0.15, 0.2) is 29.8 Å². The zero-order chi connectivity index (χ0) is 15.6. The van der Waals surface area contributed by atoms with E-state index in [0.29, 0.717) is 5.92 Å². The van der Waals surface area contributed by atoms with Crippen LogP contribution in [-0.2, 0) is 4.74 Å². The molecule has 0 bridgehead atoms. The molecule has 0 spiro atoms. The van der Waals surface area contributed by atoms with Crippen LogP contribution in [0.2, 0.25) is 0 Å². The molecule has 1 atom stereocenters. The molecule has 1 aliphatic rings. The molecule has 1 aromatic carbocycles. The van der Waals surface area contributed by atoms with Crippen LogP contribution in [0.3, 0.4) is 0 Å². The Kier molecular flexibility index (Phi) is 5.15. The van der Waals surface area contributed by atoms with Crippen molar-refractivity contribution >= 4 is 15.9 Å². The number of benzene rings is 1. The van der Waals surface area contributed by atoms with Gasteiger partial charge < -0.3 is 9.47 Å². The second kappa shape index (κ2) is 6.53. The Morgan fingerprint density at radius 3 is 2.71 bits per heavy atom. The lowest BCUT2D eigenvalue weighted by Crippen LogP contribution is -2.38. The Hall–Kier alpha value is -0.800. The Morgan fingerprint density at radius 2 is 2.10 bits per heavy atom. The summed E-state index contributed by atoms with van der Waals surface area (Å²) in [5.41, 5.74) is 3.75. The van der Waals surface area contributed by atoms with Gasteiger partial charge in [-0.2, -0.15) is 0 Å². The Balaban J connectivity index is 2.40. The molecule has 1 unspecified atom stereocenters. The number of hydrogen-bond acceptors (Lipinski definition) is 2. The van der Waals surface area contributed by atoms with E-state index in [9.17, 15) is 0 Å². The molecule has 0 aromatic heterocycles. The third-order valence-corrected chi connectivity index (χ3v) is 4.59. The van der Waals surface area contributed by atoms with Crippen molar-refractivity contribution in [3.8, 4) is 5.75 Å². The standard InChI is InChI=1S/C18H25BrO2/c1-12(2)14-7-6-8-15-16(10-9-13(3)11-19)20-18(4,5)21-17(14)15/h6-9,12,16H,10-11H2,1-5H3/b13-9+. The molecular weight excluding hydrogens is 328 g/mol. The fourth-order valence-corrected chi connectivity index (χ4v) is 2.84. The van der Waals surface area contributed by atoms with Crippen LogP contribution in [0.25, 0.3) is 0 Å². The van der Waals surface area contributed by atoms with Crippen LogP contribution in [0.1, 0.15) is 64.2 Å². The highest BCUT2D eigenvalue weighted by Crippen LogP contribution is 2.44. The van der Waals surface area contributed by atoms with Crippen LogP contribution in [-0.4, -0.2) is 11.1 Å². The van der Waals surface area contributed by atoms with Gasteiger partial charge in [0.2, 0.25) is 5.79 Å². The van der Waals surface area contributed by atoms with Crippen molar-refractivity contribution in [1.82, 2.24) is 0 Å². The number of para-hydroxylation sites is 1. The summed E-state index contributed by atoms with van der Waals surface area (Å²) in [6.45, 7) is 10.5. The summed E-state index contributed by atoms with van der Waals surface area (Å²) in [7, 11) is 0. The average Bonchev–Trinajstić information content (AvgIpc) is 2.42. The van der Waals surface area contributed by atoms with Crippen molar-refractivity contribution in [2.24, 2.45) is 0 Å². The van der Waals surface area contributed by atoms with Gasteiger partial charge in [-0.05, 0) is 24.8 Å². The van der Waals surface area contributed by atoms with Crippen LogP contribution in [0.4, 0.5) is 0 Å². The second-order valence-electron chi connectivity index (χ2n) is 6.45. The van der Waals surface area contributed by atoms with Gasteiger partial charge in [-0.15, -0.1) is 0 Å². The molecule has 2 rings (SSSR count). The first-order valence-electron chi connectivity index (χ1n) is 7.55. The van der Waals surface area contributed by atoms with E-state index in [1.807, 2.05) is 13.8 Å². The molecule has 0 saturated carbocycles. The molecule has 3 heteroatoms. The Bertz CT molecular complexity index is 532. The van der Waals surface area contributed by atoms with Crippen LogP contribution < -0.4 is 4.74 Å². The molecule has 2 nitrogen and oxygen atoms in total. The fraction of sp³-hybridized carbons (Fsp3) is 0.556. The molecule has 0 fully saturated rings. The van der Waals surface area contributed by atoms with Gasteiger partial charge in [-0.3, -0.25) is 0 Å². The van der Waals surface area contributed by atoms with Gasteiger partial charge in [-0.25, -0.2) is 0 Å². The van der Waals surface area contributed by atoms with Gasteiger partial charge in [0, 0.05) is 24.7 Å². The maximum Gasteiger partial charge on any atom is 0.205 e. The van der Waals surface area contributed by atoms with E-state index < -0.39 is 5.79 Å². The molecule has 0 radical (unpaired) electrons. The van der Waals surface area contributed by atoms with Crippen molar-refractivity contribution in [2.45, 2.75) is 58.8 Å². The number of hydrogen-bond donors (Lipinski definition) is 0. The predicted molar refractivity (Wildman–Crippen MR) is 91.2 cm³/mol. The molecule has 0 aliphatic carbocycles. The highest BCUT2D eigenvalue weighted by molar-refractivity contribution is 9.09. The smallest absolute Gasteiger partial charge is 0.205 e. The number of alkyl halides is 1. The minimum Gasteiger partial charge on any atom is -0.462 e. The Labute approximate surface area is 136 Å². The van der Waals surface area contributed by atoms with Crippen molar-refractivity contribution in [1.29, 1.82) is 0 Å². The van der Waals surface area contributed by atoms with Crippen LogP contribution >= 0.6 is 15.9 Å². The van der Waals surface area contributed by atoms with Gasteiger partial charge >= 0.3 is 0 Å². The lowest BCUT2D eigenvalue weighted by atomic mass is 9.94. The third kappa shape index (κ3) is 3.89. The maximum atomic E-state index is 6.15. The summed E-state index contributed by atoms with van der Waals surface area (Å²) in [6.07, 6.45) is 3.17. The zero-order valence-electron chi connectivity index (χ0n) is 13.6. The normalized spacial score (nSPS) is 21.1. The quantitative estimate of drug-likeness (QED) is 0.509. The van der Waals surface area contributed by atoms with Gasteiger partial charge in [0.25, 0.3) is 0 Å². The second-order valence-corrected chi connectivity index (χ2v) is 7.01. The summed E-state index contributed by atoms with van der Waals surface area (Å²) < 4.78 is 12.3. The highest BCUT2D eigenvalue weighted by atomic mass is 79.9. The van der Waals surface area contributed by atoms with Crippen molar-refractivity contribution in [2.75, 3.05) is 5.33 Å². The minimum absolute atomic E-state index is 0.0523. The molecule has 116 valence electrons. The molecule has 1 heterocycles. The summed E-state index contributed by atoms with van der Waals surface area (Å²) in [5, 5.41) is 0.901. The monoisotopic (exact) mass is 352 g/mol. The van der Waals surface area contributed by atoms with Gasteiger partial charge in [-0.1, -0.05) is 59.6 Å². The topological polar surface area (TPSA) is 18.5 Å². The SMILES string of the molecule is C/C(=C\CC1OC(C)(C)Oc2c(C(C)C)cccc21)CBr. The predicted octanol–water partition coefficient (Wildman–Crippen LogP) is 5.73. The summed E-state index contributed by atoms with van der Waals surface area (Å²) in [5.74, 6) is 0.867. The molecule has 21 heavy (non-hydrogen) atoms. The van der Waals surface area contributed by atoms with E-state index >= 15 is 0 Å². The number of fused-ring (bicyclic) bond motifs is 1. The van der Waals surface area contributed by atoms with E-state index in [-0.39, 0.29) is 6.10 Å². The zero-order valence-corrected chi connectivity index (χ0v) is 15.2. The highest BCUT2D eigenvalue weighted by Gasteiger charge is 2.35. The molecule has 0 saturated heterocycles. The van der Waals surface area contributed by atoms with Gasteiger partial charge in [0.1, 0.15) is 5.75 Å². The first-order chi connectivity index (χ1) is 9.84. The first-order valence-corrected chi connectivity index (χ1v) is 8.67. The number of ether oxygens (including phenoxy) is 2. The largest absolute Gasteiger partial charge is 0.462 e. The average molecular weight is 353 g/mol. The minimum atomic E-state index is -0.585. The van der Waals surface area contributed by atoms with E-state index in [1.165, 1.54) is 16.7 Å². The number of halogens is 1. The lowest BCUT2D eigenvalue weighted by molar-refractivity contribution is -0.206. The van der Waals surface area contributed by atoms with Gasteiger partial charge in [0.05, 0.1) is 6.10 Å². The van der Waals surface area contributed by atoms with Gasteiger partial charge in [0.15, 0.2) is 0 Å². The number of allylic oxidation sites excluding steroid dienone is 1. The van der Waals surface area contributed by atoms with E-state index in [0.717, 1.165) is 17.5 Å². The first kappa shape index (κ1) is 16.6.